The molecule has 1 aromatic carbocycles. The van der Waals surface area contributed by atoms with E-state index in [0.29, 0.717) is 18.7 Å². The molecule has 1 heterocycles. The predicted molar refractivity (Wildman–Crippen MR) is 42.8 cm³/mol. The third-order valence-corrected chi connectivity index (χ3v) is 1.57. The molecule has 0 atom stereocenters. The van der Waals surface area contributed by atoms with E-state index in [1.54, 1.807) is 12.1 Å². The largest absolute Gasteiger partial charge is 0.486 e. The Labute approximate surface area is 66.5 Å². The van der Waals surface area contributed by atoms with Gasteiger partial charge in [0.1, 0.15) is 21.1 Å². The van der Waals surface area contributed by atoms with Gasteiger partial charge in [0.2, 0.25) is 0 Å². The van der Waals surface area contributed by atoms with Crippen LogP contribution < -0.4 is 14.9 Å². The van der Waals surface area contributed by atoms with Crippen LogP contribution in [0.5, 0.6) is 11.5 Å². The second kappa shape index (κ2) is 2.49. The van der Waals surface area contributed by atoms with Gasteiger partial charge >= 0.3 is 0 Å². The molecule has 54 valence electrons. The maximum atomic E-state index is 5.55. The van der Waals surface area contributed by atoms with Gasteiger partial charge < -0.3 is 9.47 Å². The molecule has 0 saturated carbocycles. The van der Waals surface area contributed by atoms with E-state index in [2.05, 4.69) is 0 Å². The SMILES string of the molecule is [B]c1ccc2c(c1)OCCO2. The summed E-state index contributed by atoms with van der Waals surface area (Å²) in [4.78, 5) is 0. The first kappa shape index (κ1) is 6.59. The van der Waals surface area contributed by atoms with Crippen molar-refractivity contribution < 1.29 is 9.47 Å². The molecule has 11 heavy (non-hydrogen) atoms. The van der Waals surface area contributed by atoms with Crippen LogP contribution in [0.15, 0.2) is 18.2 Å². The number of hydrogen-bond donors (Lipinski definition) is 0. The lowest BCUT2D eigenvalue weighted by Crippen LogP contribution is -2.17. The molecule has 2 nitrogen and oxygen atoms in total. The topological polar surface area (TPSA) is 18.5 Å². The normalized spacial score (nSPS) is 14.5. The molecule has 3 heteroatoms. The molecule has 1 aliphatic rings. The average Bonchev–Trinajstić information content (AvgIpc) is 2.04. The smallest absolute Gasteiger partial charge is 0.161 e. The molecule has 0 aromatic heterocycles. The first-order chi connectivity index (χ1) is 5.36. The highest BCUT2D eigenvalue weighted by Crippen LogP contribution is 2.27. The Morgan fingerprint density at radius 3 is 2.64 bits per heavy atom. The van der Waals surface area contributed by atoms with E-state index in [1.165, 1.54) is 0 Å². The van der Waals surface area contributed by atoms with Crippen LogP contribution >= 0.6 is 0 Å². The fraction of sp³-hybridized carbons (Fsp3) is 0.250. The Bertz CT molecular complexity index is 273. The van der Waals surface area contributed by atoms with E-state index in [-0.39, 0.29) is 0 Å². The van der Waals surface area contributed by atoms with Crippen LogP contribution in [0.3, 0.4) is 0 Å². The van der Waals surface area contributed by atoms with Gasteiger partial charge in [-0.15, -0.1) is 0 Å². The van der Waals surface area contributed by atoms with Crippen LogP contribution in [0.4, 0.5) is 0 Å². The molecule has 0 fully saturated rings. The van der Waals surface area contributed by atoms with E-state index < -0.39 is 0 Å². The van der Waals surface area contributed by atoms with Gasteiger partial charge in [0, 0.05) is 0 Å². The Balaban J connectivity index is 2.43. The summed E-state index contributed by atoms with van der Waals surface area (Å²) in [6.45, 7) is 1.23. The summed E-state index contributed by atoms with van der Waals surface area (Å²) < 4.78 is 10.6. The van der Waals surface area contributed by atoms with Crippen molar-refractivity contribution in [1.82, 2.24) is 0 Å². The van der Waals surface area contributed by atoms with Crippen LogP contribution in [-0.2, 0) is 0 Å². The van der Waals surface area contributed by atoms with E-state index in [4.69, 9.17) is 17.3 Å². The van der Waals surface area contributed by atoms with Crippen LogP contribution in [0.1, 0.15) is 0 Å². The minimum Gasteiger partial charge on any atom is -0.486 e. The van der Waals surface area contributed by atoms with Crippen LogP contribution in [0.25, 0.3) is 0 Å². The van der Waals surface area contributed by atoms with Crippen LogP contribution in [-0.4, -0.2) is 21.1 Å². The third-order valence-electron chi connectivity index (χ3n) is 1.57. The molecule has 2 radical (unpaired) electrons. The van der Waals surface area contributed by atoms with Gasteiger partial charge in [-0.3, -0.25) is 0 Å². The van der Waals surface area contributed by atoms with Crippen LogP contribution in [0, 0.1) is 0 Å². The zero-order chi connectivity index (χ0) is 7.68. The van der Waals surface area contributed by atoms with Gasteiger partial charge in [-0.05, 0) is 12.1 Å². The van der Waals surface area contributed by atoms with Gasteiger partial charge in [-0.1, -0.05) is 11.5 Å². The summed E-state index contributed by atoms with van der Waals surface area (Å²) in [5.41, 5.74) is 0.703. The highest BCUT2D eigenvalue weighted by atomic mass is 16.6. The maximum absolute atomic E-state index is 5.55. The van der Waals surface area contributed by atoms with E-state index in [1.807, 2.05) is 6.07 Å². The van der Waals surface area contributed by atoms with Gasteiger partial charge in [0.25, 0.3) is 0 Å². The van der Waals surface area contributed by atoms with Gasteiger partial charge in [0.05, 0.1) is 0 Å². The van der Waals surface area contributed by atoms with E-state index in [9.17, 15) is 0 Å². The fourth-order valence-electron chi connectivity index (χ4n) is 1.06. The minimum atomic E-state index is 0.608. The lowest BCUT2D eigenvalue weighted by Gasteiger charge is -2.18. The lowest BCUT2D eigenvalue weighted by molar-refractivity contribution is 0.172. The quantitative estimate of drug-likeness (QED) is 0.488. The Kier molecular flexibility index (Phi) is 1.49. The summed E-state index contributed by atoms with van der Waals surface area (Å²) in [6, 6.07) is 5.39. The molecule has 0 N–H and O–H groups in total. The summed E-state index contributed by atoms with van der Waals surface area (Å²) in [5, 5.41) is 0. The summed E-state index contributed by atoms with van der Waals surface area (Å²) in [6.07, 6.45) is 0. The predicted octanol–water partition coefficient (Wildman–Crippen LogP) is 0.252. The van der Waals surface area contributed by atoms with E-state index in [0.717, 1.165) is 11.5 Å². The molecule has 0 saturated heterocycles. The third kappa shape index (κ3) is 1.18. The molecular formula is C8H7BO2. The molecule has 0 amide bonds. The molecule has 1 aromatic rings. The molecule has 0 bridgehead atoms. The minimum absolute atomic E-state index is 0.608. The Hall–Kier alpha value is -1.12. The van der Waals surface area contributed by atoms with Crippen molar-refractivity contribution in [2.24, 2.45) is 0 Å². The zero-order valence-electron chi connectivity index (χ0n) is 6.04. The molecule has 0 spiro atoms. The Morgan fingerprint density at radius 1 is 1.09 bits per heavy atom. The summed E-state index contributed by atoms with van der Waals surface area (Å²) in [7, 11) is 5.55. The van der Waals surface area contributed by atoms with E-state index >= 15 is 0 Å². The molecule has 2 rings (SSSR count). The number of rotatable bonds is 0. The maximum Gasteiger partial charge on any atom is 0.161 e. The molecular weight excluding hydrogens is 139 g/mol. The number of hydrogen-bond acceptors (Lipinski definition) is 2. The van der Waals surface area contributed by atoms with Gasteiger partial charge in [0.15, 0.2) is 11.5 Å². The highest BCUT2D eigenvalue weighted by Gasteiger charge is 2.09. The summed E-state index contributed by atoms with van der Waals surface area (Å²) in [5.74, 6) is 1.53. The van der Waals surface area contributed by atoms with Crippen molar-refractivity contribution in [2.45, 2.75) is 0 Å². The summed E-state index contributed by atoms with van der Waals surface area (Å²) >= 11 is 0. The zero-order valence-corrected chi connectivity index (χ0v) is 6.04. The lowest BCUT2D eigenvalue weighted by atomic mass is 9.96. The van der Waals surface area contributed by atoms with Crippen molar-refractivity contribution in [1.29, 1.82) is 0 Å². The number of benzene rings is 1. The second-order valence-electron chi connectivity index (χ2n) is 2.40. The van der Waals surface area contributed by atoms with Crippen molar-refractivity contribution in [3.05, 3.63) is 18.2 Å². The van der Waals surface area contributed by atoms with Gasteiger partial charge in [-0.2, -0.15) is 0 Å². The number of fused-ring (bicyclic) bond motifs is 1. The molecule has 0 aliphatic carbocycles. The number of ether oxygens (including phenoxy) is 2. The second-order valence-corrected chi connectivity index (χ2v) is 2.40. The monoisotopic (exact) mass is 146 g/mol. The van der Waals surface area contributed by atoms with Gasteiger partial charge in [-0.25, -0.2) is 0 Å². The molecule has 0 unspecified atom stereocenters. The van der Waals surface area contributed by atoms with Crippen molar-refractivity contribution in [3.8, 4) is 11.5 Å². The fourth-order valence-corrected chi connectivity index (χ4v) is 1.06. The standard InChI is InChI=1S/C8H7BO2/c9-6-1-2-7-8(5-6)11-4-3-10-7/h1-2,5H,3-4H2. The Morgan fingerprint density at radius 2 is 1.82 bits per heavy atom. The van der Waals surface area contributed by atoms with Crippen molar-refractivity contribution in [3.63, 3.8) is 0 Å². The molecule has 1 aliphatic heterocycles. The average molecular weight is 146 g/mol. The first-order valence-corrected chi connectivity index (χ1v) is 3.51. The first-order valence-electron chi connectivity index (χ1n) is 3.51. The van der Waals surface area contributed by atoms with Crippen molar-refractivity contribution in [2.75, 3.05) is 13.2 Å². The van der Waals surface area contributed by atoms with Crippen molar-refractivity contribution >= 4 is 13.3 Å². The van der Waals surface area contributed by atoms with Crippen LogP contribution in [0.2, 0.25) is 0 Å². The highest BCUT2D eigenvalue weighted by molar-refractivity contribution is 6.32.